The second-order valence-electron chi connectivity index (χ2n) is 10.7. The van der Waals surface area contributed by atoms with Crippen LogP contribution in [0.2, 0.25) is 0 Å². The predicted molar refractivity (Wildman–Crippen MR) is 198 cm³/mol. The Hall–Kier alpha value is -5.98. The standard InChI is InChI=1S/C46H30/c1-3-15-31(16-4-1)35-21-11-13-25-39(35)45-41-29-27-34-20-8-10-24-38(34)44(41)46(42-30-28-33-19-7-9-23-37(33)43(42)45)40-26-14-12-22-36(40)32-17-5-2-6-18-32/h1-30H/i1D,2D,3D,4D,5D,6D,11D,12D,13D,14D,15D,16D,17D,18D,21D,22D,25D,26D. The highest BCUT2D eigenvalue weighted by atomic mass is 14.3. The first-order valence-electron chi connectivity index (χ1n) is 23.5. The smallest absolute Gasteiger partial charge is 0.0622 e. The molecule has 0 aliphatic carbocycles. The Kier molecular flexibility index (Phi) is 3.30. The van der Waals surface area contributed by atoms with Gasteiger partial charge in [0, 0.05) is 0 Å². The Bertz CT molecular complexity index is 3300. The van der Waals surface area contributed by atoms with Crippen LogP contribution in [-0.4, -0.2) is 0 Å². The van der Waals surface area contributed by atoms with Gasteiger partial charge < -0.3 is 0 Å². The van der Waals surface area contributed by atoms with Crippen molar-refractivity contribution in [3.05, 3.63) is 182 Å². The average Bonchev–Trinajstić information content (AvgIpc) is 3.30. The fraction of sp³-hybridized carbons (Fsp3) is 0. The molecule has 0 bridgehead atoms. The van der Waals surface area contributed by atoms with Crippen LogP contribution in [0.1, 0.15) is 24.7 Å². The number of fused-ring (bicyclic) bond motifs is 6. The van der Waals surface area contributed by atoms with Crippen molar-refractivity contribution in [1.82, 2.24) is 0 Å². The molecular weight excluding hydrogens is 553 g/mol. The van der Waals surface area contributed by atoms with Gasteiger partial charge in [-0.2, -0.15) is 0 Å². The van der Waals surface area contributed by atoms with E-state index in [4.69, 9.17) is 19.2 Å². The molecule has 0 unspecified atom stereocenters. The molecule has 9 aromatic rings. The number of rotatable bonds is 4. The highest BCUT2D eigenvalue weighted by Gasteiger charge is 2.23. The minimum atomic E-state index is -0.728. The zero-order chi connectivity index (χ0) is 46.1. The minimum Gasteiger partial charge on any atom is -0.0622 e. The Labute approximate surface area is 294 Å². The summed E-state index contributed by atoms with van der Waals surface area (Å²) in [7, 11) is 0. The Morgan fingerprint density at radius 2 is 0.674 bits per heavy atom. The van der Waals surface area contributed by atoms with Crippen LogP contribution in [0.25, 0.3) is 87.6 Å². The highest BCUT2D eigenvalue weighted by Crippen LogP contribution is 2.51. The van der Waals surface area contributed by atoms with E-state index in [0.717, 1.165) is 0 Å². The number of hydrogen-bond donors (Lipinski definition) is 0. The highest BCUT2D eigenvalue weighted by molar-refractivity contribution is 6.33. The summed E-state index contributed by atoms with van der Waals surface area (Å²) in [6.45, 7) is 0. The van der Waals surface area contributed by atoms with E-state index in [1.165, 1.54) is 0 Å². The summed E-state index contributed by atoms with van der Waals surface area (Å²) < 4.78 is 161. The molecule has 0 heteroatoms. The molecule has 0 amide bonds. The summed E-state index contributed by atoms with van der Waals surface area (Å²) in [6, 6.07) is 8.51. The van der Waals surface area contributed by atoms with E-state index in [1.54, 1.807) is 72.8 Å². The molecule has 46 heavy (non-hydrogen) atoms. The van der Waals surface area contributed by atoms with Crippen LogP contribution in [0.15, 0.2) is 182 Å². The molecule has 0 radical (unpaired) electrons. The number of hydrogen-bond acceptors (Lipinski definition) is 0. The van der Waals surface area contributed by atoms with E-state index < -0.39 is 120 Å². The van der Waals surface area contributed by atoms with Gasteiger partial charge in [0.05, 0.1) is 24.7 Å². The lowest BCUT2D eigenvalue weighted by atomic mass is 9.80. The zero-order valence-electron chi connectivity index (χ0n) is 41.9. The van der Waals surface area contributed by atoms with Gasteiger partial charge in [0.25, 0.3) is 0 Å². The van der Waals surface area contributed by atoms with Crippen molar-refractivity contribution in [3.63, 3.8) is 0 Å². The molecule has 0 spiro atoms. The van der Waals surface area contributed by atoms with E-state index in [1.807, 2.05) is 0 Å². The number of benzene rings is 9. The van der Waals surface area contributed by atoms with Crippen molar-refractivity contribution in [2.75, 3.05) is 0 Å². The monoisotopic (exact) mass is 600 g/mol. The molecule has 0 fully saturated rings. The summed E-state index contributed by atoms with van der Waals surface area (Å²) >= 11 is 0. The quantitative estimate of drug-likeness (QED) is 0.139. The third kappa shape index (κ3) is 4.15. The molecule has 214 valence electrons. The van der Waals surface area contributed by atoms with Crippen LogP contribution in [0.3, 0.4) is 0 Å². The topological polar surface area (TPSA) is 0 Å². The van der Waals surface area contributed by atoms with E-state index in [2.05, 4.69) is 0 Å². The maximum Gasteiger partial charge on any atom is 0.0629 e. The van der Waals surface area contributed by atoms with Gasteiger partial charge in [0.15, 0.2) is 0 Å². The van der Waals surface area contributed by atoms with Crippen LogP contribution in [0.4, 0.5) is 0 Å². The van der Waals surface area contributed by atoms with Gasteiger partial charge in [-0.3, -0.25) is 0 Å². The van der Waals surface area contributed by atoms with Gasteiger partial charge in [0.1, 0.15) is 0 Å². The first kappa shape index (κ1) is 14.0. The van der Waals surface area contributed by atoms with Crippen molar-refractivity contribution in [1.29, 1.82) is 0 Å². The molecule has 0 saturated carbocycles. The fourth-order valence-electron chi connectivity index (χ4n) is 6.41. The molecule has 9 aromatic carbocycles. The van der Waals surface area contributed by atoms with E-state index >= 15 is 0 Å². The maximum absolute atomic E-state index is 9.62. The summed E-state index contributed by atoms with van der Waals surface area (Å²) in [6.07, 6.45) is 0. The first-order valence-corrected chi connectivity index (χ1v) is 14.5. The van der Waals surface area contributed by atoms with Gasteiger partial charge in [-0.1, -0.05) is 182 Å². The van der Waals surface area contributed by atoms with Gasteiger partial charge >= 0.3 is 0 Å². The van der Waals surface area contributed by atoms with Crippen LogP contribution in [0.5, 0.6) is 0 Å². The van der Waals surface area contributed by atoms with Crippen LogP contribution >= 0.6 is 0 Å². The molecule has 9 rings (SSSR count). The average molecular weight is 601 g/mol. The lowest BCUT2D eigenvalue weighted by Gasteiger charge is -2.23. The molecular formula is C46H30. The molecule has 0 aromatic heterocycles. The first-order chi connectivity index (χ1) is 30.3. The lowest BCUT2D eigenvalue weighted by Crippen LogP contribution is -1.95. The summed E-state index contributed by atoms with van der Waals surface area (Å²) in [5.41, 5.74) is -1.82. The Morgan fingerprint density at radius 1 is 0.304 bits per heavy atom. The Morgan fingerprint density at radius 3 is 1.11 bits per heavy atom. The molecule has 0 aliphatic heterocycles. The second-order valence-corrected chi connectivity index (χ2v) is 10.7. The largest absolute Gasteiger partial charge is 0.0629 e. The molecule has 0 aliphatic rings. The van der Waals surface area contributed by atoms with Gasteiger partial charge in [-0.25, -0.2) is 0 Å². The lowest BCUT2D eigenvalue weighted by molar-refractivity contribution is 1.60. The summed E-state index contributed by atoms with van der Waals surface area (Å²) in [5, 5.41) is 3.35. The van der Waals surface area contributed by atoms with Crippen LogP contribution in [-0.2, 0) is 0 Å². The van der Waals surface area contributed by atoms with E-state index in [0.29, 0.717) is 21.5 Å². The van der Waals surface area contributed by atoms with Crippen molar-refractivity contribution in [3.8, 4) is 44.5 Å². The van der Waals surface area contributed by atoms with Crippen molar-refractivity contribution < 1.29 is 24.7 Å². The molecule has 0 heterocycles. The van der Waals surface area contributed by atoms with E-state index in [9.17, 15) is 5.48 Å². The summed E-state index contributed by atoms with van der Waals surface area (Å²) in [4.78, 5) is 0. The predicted octanol–water partition coefficient (Wildman–Crippen LogP) is 13.0. The van der Waals surface area contributed by atoms with Crippen molar-refractivity contribution >= 4 is 43.1 Å². The van der Waals surface area contributed by atoms with Gasteiger partial charge in [-0.15, -0.1) is 0 Å². The van der Waals surface area contributed by atoms with Crippen LogP contribution in [0, 0.1) is 0 Å². The zero-order valence-corrected chi connectivity index (χ0v) is 23.9. The van der Waals surface area contributed by atoms with Crippen LogP contribution < -0.4 is 0 Å². The molecule has 0 saturated heterocycles. The van der Waals surface area contributed by atoms with Crippen molar-refractivity contribution in [2.45, 2.75) is 0 Å². The van der Waals surface area contributed by atoms with Gasteiger partial charge in [0.2, 0.25) is 0 Å². The molecule has 0 nitrogen and oxygen atoms in total. The minimum absolute atomic E-state index is 0.148. The summed E-state index contributed by atoms with van der Waals surface area (Å²) in [5.74, 6) is 0. The third-order valence-electron chi connectivity index (χ3n) is 8.27. The van der Waals surface area contributed by atoms with Crippen molar-refractivity contribution in [2.24, 2.45) is 0 Å². The second kappa shape index (κ2) is 10.9. The van der Waals surface area contributed by atoms with E-state index in [-0.39, 0.29) is 54.9 Å². The SMILES string of the molecule is [2H]c1c([2H])c([2H])c(-c2c([2H])c([2H])c([2H])c([2H])c2-c2c3ccc4ccccc4c3c(-c3c([2H])c([2H])c([2H])c([2H])c3-c3c([2H])c([2H])c([2H])c([2H])c3[2H])c3ccc4ccccc4c23)c([2H])c1[2H]. The third-order valence-corrected chi connectivity index (χ3v) is 8.27. The fourth-order valence-corrected chi connectivity index (χ4v) is 6.41. The molecule has 0 N–H and O–H groups in total. The Balaban J connectivity index is 1.65. The molecule has 0 atom stereocenters. The normalized spacial score (nSPS) is 17.0. The van der Waals surface area contributed by atoms with Gasteiger partial charge in [-0.05, 0) is 87.6 Å². The maximum atomic E-state index is 9.62.